The highest BCUT2D eigenvalue weighted by Crippen LogP contribution is 2.46. The van der Waals surface area contributed by atoms with Crippen LogP contribution in [0.4, 0.5) is 0 Å². The zero-order chi connectivity index (χ0) is 12.5. The highest BCUT2D eigenvalue weighted by Gasteiger charge is 2.49. The summed E-state index contributed by atoms with van der Waals surface area (Å²) in [6.07, 6.45) is 3.52. The molecule has 0 N–H and O–H groups in total. The van der Waals surface area contributed by atoms with Crippen LogP contribution < -0.4 is 4.74 Å². The molecule has 0 heterocycles. The van der Waals surface area contributed by atoms with E-state index in [9.17, 15) is 0 Å². The third-order valence-electron chi connectivity index (χ3n) is 3.80. The van der Waals surface area contributed by atoms with Gasteiger partial charge in [0.2, 0.25) is 0 Å². The Kier molecular flexibility index (Phi) is 3.67. The van der Waals surface area contributed by atoms with Crippen molar-refractivity contribution < 1.29 is 4.74 Å². The lowest BCUT2D eigenvalue weighted by Crippen LogP contribution is -2.53. The van der Waals surface area contributed by atoms with E-state index in [1.165, 1.54) is 12.0 Å². The van der Waals surface area contributed by atoms with Crippen molar-refractivity contribution in [2.24, 2.45) is 5.41 Å². The number of benzene rings is 1. The molecule has 0 radical (unpaired) electrons. The van der Waals surface area contributed by atoms with E-state index >= 15 is 0 Å². The Morgan fingerprint density at radius 3 is 2.41 bits per heavy atom. The summed E-state index contributed by atoms with van der Waals surface area (Å²) in [7, 11) is 0. The molecule has 0 amide bonds. The Morgan fingerprint density at radius 2 is 1.94 bits per heavy atom. The van der Waals surface area contributed by atoms with Crippen LogP contribution in [0.25, 0.3) is 0 Å². The molecule has 0 saturated heterocycles. The second-order valence-electron chi connectivity index (χ2n) is 5.53. The van der Waals surface area contributed by atoms with Crippen molar-refractivity contribution in [2.45, 2.75) is 51.5 Å². The largest absolute Gasteiger partial charge is 0.490 e. The standard InChI is InChI=1S/C15H21ClO/c1-4-5-11-6-8-12(9-7-11)17-14-10-13(16)15(14,2)3/h6-9,13-14H,4-5,10H2,1-3H3. The van der Waals surface area contributed by atoms with E-state index in [-0.39, 0.29) is 16.9 Å². The number of halogens is 1. The summed E-state index contributed by atoms with van der Waals surface area (Å²) in [5.74, 6) is 0.964. The second kappa shape index (κ2) is 4.89. The predicted molar refractivity (Wildman–Crippen MR) is 72.9 cm³/mol. The topological polar surface area (TPSA) is 9.23 Å². The molecule has 0 aliphatic heterocycles. The summed E-state index contributed by atoms with van der Waals surface area (Å²) in [5.41, 5.74) is 1.46. The predicted octanol–water partition coefficient (Wildman–Crippen LogP) is 4.42. The molecular weight excluding hydrogens is 232 g/mol. The zero-order valence-electron chi connectivity index (χ0n) is 10.9. The third-order valence-corrected chi connectivity index (χ3v) is 4.54. The van der Waals surface area contributed by atoms with Crippen LogP contribution in [-0.2, 0) is 6.42 Å². The van der Waals surface area contributed by atoms with Crippen molar-refractivity contribution in [3.8, 4) is 5.75 Å². The first-order valence-corrected chi connectivity index (χ1v) is 6.87. The van der Waals surface area contributed by atoms with Crippen LogP contribution in [0, 0.1) is 5.41 Å². The normalized spacial score (nSPS) is 26.4. The average Bonchev–Trinajstić information content (AvgIpc) is 2.31. The molecule has 1 saturated carbocycles. The van der Waals surface area contributed by atoms with E-state index < -0.39 is 0 Å². The minimum absolute atomic E-state index is 0.0869. The Morgan fingerprint density at radius 1 is 1.29 bits per heavy atom. The van der Waals surface area contributed by atoms with Gasteiger partial charge in [0.25, 0.3) is 0 Å². The number of rotatable bonds is 4. The van der Waals surface area contributed by atoms with Gasteiger partial charge < -0.3 is 4.74 Å². The molecular formula is C15H21ClO. The first-order valence-electron chi connectivity index (χ1n) is 6.43. The van der Waals surface area contributed by atoms with Gasteiger partial charge in [-0.25, -0.2) is 0 Å². The number of hydrogen-bond donors (Lipinski definition) is 0. The maximum Gasteiger partial charge on any atom is 0.119 e. The summed E-state index contributed by atoms with van der Waals surface area (Å²) in [5, 5.41) is 0.242. The molecule has 2 unspecified atom stereocenters. The van der Waals surface area contributed by atoms with Crippen molar-refractivity contribution in [1.29, 1.82) is 0 Å². The number of ether oxygens (including phenoxy) is 1. The first-order chi connectivity index (χ1) is 8.04. The fourth-order valence-corrected chi connectivity index (χ4v) is 2.53. The van der Waals surface area contributed by atoms with Crippen LogP contribution in [0.1, 0.15) is 39.2 Å². The van der Waals surface area contributed by atoms with Gasteiger partial charge in [-0.3, -0.25) is 0 Å². The van der Waals surface area contributed by atoms with Gasteiger partial charge in [0, 0.05) is 17.2 Å². The van der Waals surface area contributed by atoms with E-state index in [0.29, 0.717) is 0 Å². The lowest BCUT2D eigenvalue weighted by atomic mass is 9.68. The lowest BCUT2D eigenvalue weighted by Gasteiger charge is -2.48. The smallest absolute Gasteiger partial charge is 0.119 e. The highest BCUT2D eigenvalue weighted by molar-refractivity contribution is 6.21. The first kappa shape index (κ1) is 12.8. The molecule has 2 rings (SSSR count). The number of hydrogen-bond acceptors (Lipinski definition) is 1. The van der Waals surface area contributed by atoms with Crippen LogP contribution in [0.3, 0.4) is 0 Å². The van der Waals surface area contributed by atoms with Crippen molar-refractivity contribution in [3.63, 3.8) is 0 Å². The minimum Gasteiger partial charge on any atom is -0.490 e. The zero-order valence-corrected chi connectivity index (χ0v) is 11.6. The van der Waals surface area contributed by atoms with E-state index in [1.54, 1.807) is 0 Å². The molecule has 1 aliphatic rings. The molecule has 1 nitrogen and oxygen atoms in total. The monoisotopic (exact) mass is 252 g/mol. The van der Waals surface area contributed by atoms with E-state index in [4.69, 9.17) is 16.3 Å². The van der Waals surface area contributed by atoms with Crippen molar-refractivity contribution in [2.75, 3.05) is 0 Å². The number of alkyl halides is 1. The summed E-state index contributed by atoms with van der Waals surface area (Å²) in [6, 6.07) is 8.45. The number of aryl methyl sites for hydroxylation is 1. The fraction of sp³-hybridized carbons (Fsp3) is 0.600. The van der Waals surface area contributed by atoms with E-state index in [2.05, 4.69) is 45.0 Å². The van der Waals surface area contributed by atoms with Crippen LogP contribution in [0.15, 0.2) is 24.3 Å². The van der Waals surface area contributed by atoms with Gasteiger partial charge in [0.15, 0.2) is 0 Å². The van der Waals surface area contributed by atoms with Gasteiger partial charge in [0.05, 0.1) is 0 Å². The van der Waals surface area contributed by atoms with E-state index in [1.807, 2.05) is 0 Å². The minimum atomic E-state index is 0.0869. The molecule has 1 fully saturated rings. The molecule has 0 bridgehead atoms. The molecule has 2 atom stereocenters. The second-order valence-corrected chi connectivity index (χ2v) is 6.05. The highest BCUT2D eigenvalue weighted by atomic mass is 35.5. The van der Waals surface area contributed by atoms with Crippen LogP contribution in [-0.4, -0.2) is 11.5 Å². The molecule has 1 aliphatic carbocycles. The Hall–Kier alpha value is -0.690. The van der Waals surface area contributed by atoms with Gasteiger partial charge in [-0.15, -0.1) is 11.6 Å². The van der Waals surface area contributed by atoms with Gasteiger partial charge >= 0.3 is 0 Å². The maximum absolute atomic E-state index is 6.19. The van der Waals surface area contributed by atoms with E-state index in [0.717, 1.165) is 18.6 Å². The van der Waals surface area contributed by atoms with Crippen LogP contribution in [0.5, 0.6) is 5.75 Å². The van der Waals surface area contributed by atoms with Gasteiger partial charge in [-0.1, -0.05) is 39.3 Å². The lowest BCUT2D eigenvalue weighted by molar-refractivity contribution is -0.0130. The molecule has 0 spiro atoms. The van der Waals surface area contributed by atoms with Crippen molar-refractivity contribution in [3.05, 3.63) is 29.8 Å². The SMILES string of the molecule is CCCc1ccc(OC2CC(Cl)C2(C)C)cc1. The Bertz CT molecular complexity index is 369. The summed E-state index contributed by atoms with van der Waals surface area (Å²) in [6.45, 7) is 6.54. The van der Waals surface area contributed by atoms with Gasteiger partial charge in [0.1, 0.15) is 11.9 Å². The molecule has 1 aromatic carbocycles. The molecule has 17 heavy (non-hydrogen) atoms. The van der Waals surface area contributed by atoms with Gasteiger partial charge in [-0.2, -0.15) is 0 Å². The summed E-state index contributed by atoms with van der Waals surface area (Å²) in [4.78, 5) is 0. The quantitative estimate of drug-likeness (QED) is 0.721. The van der Waals surface area contributed by atoms with Crippen molar-refractivity contribution >= 4 is 11.6 Å². The van der Waals surface area contributed by atoms with Crippen LogP contribution in [0.2, 0.25) is 0 Å². The van der Waals surface area contributed by atoms with Gasteiger partial charge in [-0.05, 0) is 24.1 Å². The molecule has 94 valence electrons. The molecule has 1 aromatic rings. The summed E-state index contributed by atoms with van der Waals surface area (Å²) < 4.78 is 5.98. The fourth-order valence-electron chi connectivity index (χ4n) is 2.22. The maximum atomic E-state index is 6.19. The molecule has 0 aromatic heterocycles. The Balaban J connectivity index is 1.96. The Labute approximate surface area is 109 Å². The third kappa shape index (κ3) is 2.60. The van der Waals surface area contributed by atoms with Crippen LogP contribution >= 0.6 is 11.6 Å². The van der Waals surface area contributed by atoms with Crippen molar-refractivity contribution in [1.82, 2.24) is 0 Å². The summed E-state index contributed by atoms with van der Waals surface area (Å²) >= 11 is 6.19. The average molecular weight is 253 g/mol. The molecule has 2 heteroatoms.